The van der Waals surface area contributed by atoms with E-state index in [0.717, 1.165) is 29.5 Å². The van der Waals surface area contributed by atoms with Crippen LogP contribution in [0.25, 0.3) is 0 Å². The second-order valence-corrected chi connectivity index (χ2v) is 6.61. The molecule has 1 saturated carbocycles. The third kappa shape index (κ3) is 2.39. The van der Waals surface area contributed by atoms with E-state index in [4.69, 9.17) is 4.74 Å². The predicted molar refractivity (Wildman–Crippen MR) is 76.7 cm³/mol. The van der Waals surface area contributed by atoms with Gasteiger partial charge in [-0.2, -0.15) is 0 Å². The molecule has 0 spiro atoms. The van der Waals surface area contributed by atoms with Crippen molar-refractivity contribution in [3.8, 4) is 5.75 Å². The van der Waals surface area contributed by atoms with Crippen LogP contribution in [0, 0.1) is 5.41 Å². The number of ether oxygens (including phenoxy) is 1. The summed E-state index contributed by atoms with van der Waals surface area (Å²) in [4.78, 5) is 4.71. The van der Waals surface area contributed by atoms with Crippen molar-refractivity contribution in [2.75, 3.05) is 0 Å². The number of pyridine rings is 1. The highest BCUT2D eigenvalue weighted by molar-refractivity contribution is 9.10. The molecule has 2 nitrogen and oxygen atoms in total. The first-order chi connectivity index (χ1) is 8.12. The fourth-order valence-electron chi connectivity index (χ4n) is 2.63. The van der Waals surface area contributed by atoms with Crippen LogP contribution in [-0.4, -0.2) is 15.9 Å². The van der Waals surface area contributed by atoms with Gasteiger partial charge in [0.25, 0.3) is 0 Å². The molecule has 0 aliphatic heterocycles. The van der Waals surface area contributed by atoms with Gasteiger partial charge in [-0.15, -0.1) is 0 Å². The molecule has 2 atom stereocenters. The van der Waals surface area contributed by atoms with Gasteiger partial charge in [0.2, 0.25) is 0 Å². The molecular weight excluding hydrogens is 346 g/mol. The standard InChI is InChI=1S/C13H17Br2NO/c1-3-13(4-2)11(15)6-12(13)17-10-5-9(14)7-16-8-10/h5,7-8,11-12H,3-4,6H2,1-2H3. The minimum absolute atomic E-state index is 0.280. The number of halogens is 2. The zero-order chi connectivity index (χ0) is 12.5. The Morgan fingerprint density at radius 3 is 2.65 bits per heavy atom. The van der Waals surface area contributed by atoms with E-state index in [1.165, 1.54) is 0 Å². The van der Waals surface area contributed by atoms with E-state index in [-0.39, 0.29) is 5.41 Å². The lowest BCUT2D eigenvalue weighted by Crippen LogP contribution is -2.56. The summed E-state index contributed by atoms with van der Waals surface area (Å²) < 4.78 is 7.04. The van der Waals surface area contributed by atoms with Crippen molar-refractivity contribution in [3.05, 3.63) is 22.9 Å². The van der Waals surface area contributed by atoms with Crippen LogP contribution in [0.1, 0.15) is 33.1 Å². The number of nitrogens with zero attached hydrogens (tertiary/aromatic N) is 1. The molecule has 4 heteroatoms. The SMILES string of the molecule is CCC1(CC)C(Br)CC1Oc1cncc(Br)c1. The smallest absolute Gasteiger partial charge is 0.139 e. The Hall–Kier alpha value is -0.0900. The summed E-state index contributed by atoms with van der Waals surface area (Å²) in [5.41, 5.74) is 0.280. The molecule has 1 aromatic heterocycles. The minimum Gasteiger partial charge on any atom is -0.488 e. The molecule has 94 valence electrons. The van der Waals surface area contributed by atoms with Crippen LogP contribution < -0.4 is 4.74 Å². The van der Waals surface area contributed by atoms with Gasteiger partial charge in [-0.1, -0.05) is 29.8 Å². The maximum Gasteiger partial charge on any atom is 0.139 e. The van der Waals surface area contributed by atoms with Crippen LogP contribution in [-0.2, 0) is 0 Å². The normalized spacial score (nSPS) is 26.4. The van der Waals surface area contributed by atoms with Gasteiger partial charge in [0, 0.05) is 20.9 Å². The van der Waals surface area contributed by atoms with E-state index in [1.807, 2.05) is 6.07 Å². The number of hydrogen-bond acceptors (Lipinski definition) is 2. The van der Waals surface area contributed by atoms with E-state index in [1.54, 1.807) is 12.4 Å². The van der Waals surface area contributed by atoms with Crippen LogP contribution in [0.3, 0.4) is 0 Å². The largest absolute Gasteiger partial charge is 0.488 e. The number of hydrogen-bond donors (Lipinski definition) is 0. The van der Waals surface area contributed by atoms with Crippen LogP contribution in [0.4, 0.5) is 0 Å². The van der Waals surface area contributed by atoms with Crippen molar-refractivity contribution in [3.63, 3.8) is 0 Å². The molecule has 1 aliphatic carbocycles. The van der Waals surface area contributed by atoms with E-state index in [0.29, 0.717) is 10.9 Å². The highest BCUT2D eigenvalue weighted by atomic mass is 79.9. The third-order valence-electron chi connectivity index (χ3n) is 3.96. The van der Waals surface area contributed by atoms with Crippen LogP contribution >= 0.6 is 31.9 Å². The van der Waals surface area contributed by atoms with Crippen molar-refractivity contribution >= 4 is 31.9 Å². The molecular formula is C13H17Br2NO. The molecule has 1 aliphatic rings. The van der Waals surface area contributed by atoms with Gasteiger partial charge in [-0.05, 0) is 41.3 Å². The lowest BCUT2D eigenvalue weighted by atomic mass is 9.62. The molecule has 0 aromatic carbocycles. The maximum absolute atomic E-state index is 6.08. The van der Waals surface area contributed by atoms with Crippen molar-refractivity contribution in [1.29, 1.82) is 0 Å². The molecule has 1 fully saturated rings. The second-order valence-electron chi connectivity index (χ2n) is 4.59. The Kier molecular flexibility index (Phi) is 4.14. The van der Waals surface area contributed by atoms with Crippen molar-refractivity contribution in [2.24, 2.45) is 5.41 Å². The molecule has 2 rings (SSSR count). The lowest BCUT2D eigenvalue weighted by molar-refractivity contribution is -0.0413. The summed E-state index contributed by atoms with van der Waals surface area (Å²) in [5.74, 6) is 0.857. The van der Waals surface area contributed by atoms with Gasteiger partial charge in [-0.3, -0.25) is 4.98 Å². The van der Waals surface area contributed by atoms with Crippen molar-refractivity contribution in [1.82, 2.24) is 4.98 Å². The second kappa shape index (κ2) is 5.27. The lowest BCUT2D eigenvalue weighted by Gasteiger charge is -2.52. The van der Waals surface area contributed by atoms with Crippen LogP contribution in [0.15, 0.2) is 22.9 Å². The van der Waals surface area contributed by atoms with E-state index < -0.39 is 0 Å². The third-order valence-corrected chi connectivity index (χ3v) is 5.68. The first kappa shape index (κ1) is 13.3. The van der Waals surface area contributed by atoms with E-state index >= 15 is 0 Å². The Morgan fingerprint density at radius 2 is 2.12 bits per heavy atom. The minimum atomic E-state index is 0.280. The fourth-order valence-corrected chi connectivity index (χ4v) is 4.26. The molecule has 0 saturated heterocycles. The van der Waals surface area contributed by atoms with Gasteiger partial charge in [0.15, 0.2) is 0 Å². The molecule has 17 heavy (non-hydrogen) atoms. The van der Waals surface area contributed by atoms with E-state index in [2.05, 4.69) is 50.7 Å². The quantitative estimate of drug-likeness (QED) is 0.732. The number of aromatic nitrogens is 1. The molecule has 2 unspecified atom stereocenters. The molecule has 0 N–H and O–H groups in total. The summed E-state index contributed by atoms with van der Waals surface area (Å²) in [6.45, 7) is 4.49. The zero-order valence-corrected chi connectivity index (χ0v) is 13.3. The fraction of sp³-hybridized carbons (Fsp3) is 0.615. The Morgan fingerprint density at radius 1 is 1.41 bits per heavy atom. The monoisotopic (exact) mass is 361 g/mol. The van der Waals surface area contributed by atoms with Gasteiger partial charge in [-0.25, -0.2) is 0 Å². The van der Waals surface area contributed by atoms with Crippen molar-refractivity contribution < 1.29 is 4.74 Å². The molecule has 1 heterocycles. The average molecular weight is 363 g/mol. The number of rotatable bonds is 4. The Labute approximate surface area is 119 Å². The molecule has 0 amide bonds. The first-order valence-electron chi connectivity index (χ1n) is 6.03. The highest BCUT2D eigenvalue weighted by Gasteiger charge is 2.53. The Bertz CT molecular complexity index is 393. The van der Waals surface area contributed by atoms with E-state index in [9.17, 15) is 0 Å². The van der Waals surface area contributed by atoms with Gasteiger partial charge in [0.05, 0.1) is 6.20 Å². The summed E-state index contributed by atoms with van der Waals surface area (Å²) in [7, 11) is 0. The highest BCUT2D eigenvalue weighted by Crippen LogP contribution is 2.52. The van der Waals surface area contributed by atoms with Gasteiger partial charge < -0.3 is 4.74 Å². The molecule has 0 bridgehead atoms. The summed E-state index contributed by atoms with van der Waals surface area (Å²) in [6, 6.07) is 1.98. The number of alkyl halides is 1. The van der Waals surface area contributed by atoms with Crippen LogP contribution in [0.5, 0.6) is 5.75 Å². The van der Waals surface area contributed by atoms with Gasteiger partial charge in [0.1, 0.15) is 11.9 Å². The summed E-state index contributed by atoms with van der Waals surface area (Å²) >= 11 is 7.18. The zero-order valence-electron chi connectivity index (χ0n) is 10.1. The molecule has 0 radical (unpaired) electrons. The predicted octanol–water partition coefficient (Wildman–Crippen LogP) is 4.57. The molecule has 1 aromatic rings. The Balaban J connectivity index is 2.10. The summed E-state index contributed by atoms with van der Waals surface area (Å²) in [5, 5.41) is 0. The first-order valence-corrected chi connectivity index (χ1v) is 7.74. The van der Waals surface area contributed by atoms with Crippen LogP contribution in [0.2, 0.25) is 0 Å². The maximum atomic E-state index is 6.08. The van der Waals surface area contributed by atoms with Crippen molar-refractivity contribution in [2.45, 2.75) is 44.0 Å². The summed E-state index contributed by atoms with van der Waals surface area (Å²) in [6.07, 6.45) is 7.22. The average Bonchev–Trinajstić information content (AvgIpc) is 2.30. The van der Waals surface area contributed by atoms with Gasteiger partial charge >= 0.3 is 0 Å². The topological polar surface area (TPSA) is 22.1 Å².